The molecule has 5 heteroatoms. The van der Waals surface area contributed by atoms with E-state index >= 15 is 0 Å². The molecule has 2 rings (SSSR count). The van der Waals surface area contributed by atoms with Crippen molar-refractivity contribution >= 4 is 34.7 Å². The minimum Gasteiger partial charge on any atom is -0.326 e. The normalized spacial score (nSPS) is 10.6. The molecule has 0 unspecified atom stereocenters. The average molecular weight is 310 g/mol. The molecule has 0 N–H and O–H groups in total. The number of halogens is 2. The quantitative estimate of drug-likeness (QED) is 0.566. The smallest absolute Gasteiger partial charge is 0.142 e. The van der Waals surface area contributed by atoms with E-state index in [1.165, 1.54) is 6.33 Å². The van der Waals surface area contributed by atoms with Crippen LogP contribution >= 0.6 is 23.2 Å². The van der Waals surface area contributed by atoms with E-state index in [0.29, 0.717) is 11.0 Å². The van der Waals surface area contributed by atoms with E-state index in [9.17, 15) is 0 Å². The molecule has 0 saturated heterocycles. The zero-order valence-electron chi connectivity index (χ0n) is 11.4. The fourth-order valence-corrected chi connectivity index (χ4v) is 2.52. The van der Waals surface area contributed by atoms with E-state index in [-0.39, 0.29) is 0 Å². The van der Waals surface area contributed by atoms with Crippen LogP contribution in [0.15, 0.2) is 36.7 Å². The van der Waals surface area contributed by atoms with Crippen molar-refractivity contribution in [2.45, 2.75) is 25.6 Å². The van der Waals surface area contributed by atoms with Gasteiger partial charge in [-0.3, -0.25) is 0 Å². The number of hydrogen-bond acceptors (Lipinski definition) is 3. The Balaban J connectivity index is 2.44. The first-order chi connectivity index (χ1) is 9.77. The third-order valence-corrected chi connectivity index (χ3v) is 3.66. The topological polar surface area (TPSA) is 29.0 Å². The summed E-state index contributed by atoms with van der Waals surface area (Å²) in [7, 11) is 0. The molecule has 0 amide bonds. The van der Waals surface area contributed by atoms with Crippen molar-refractivity contribution in [1.82, 2.24) is 9.97 Å². The molecule has 0 aliphatic rings. The molecule has 106 valence electrons. The number of alkyl halides is 1. The molecule has 1 aromatic heterocycles. The first-order valence-electron chi connectivity index (χ1n) is 6.65. The summed E-state index contributed by atoms with van der Waals surface area (Å²) in [5, 5.41) is 0.419. The van der Waals surface area contributed by atoms with Crippen LogP contribution in [-0.4, -0.2) is 16.5 Å². The summed E-state index contributed by atoms with van der Waals surface area (Å²) in [5.74, 6) is 1.09. The summed E-state index contributed by atoms with van der Waals surface area (Å²) in [6.07, 6.45) is 3.66. The lowest BCUT2D eigenvalue weighted by atomic mass is 10.2. The van der Waals surface area contributed by atoms with Gasteiger partial charge in [-0.15, -0.1) is 11.6 Å². The van der Waals surface area contributed by atoms with Gasteiger partial charge in [0.05, 0.1) is 5.88 Å². The van der Waals surface area contributed by atoms with E-state index in [2.05, 4.69) is 33.9 Å². The monoisotopic (exact) mass is 309 g/mol. The van der Waals surface area contributed by atoms with E-state index in [0.717, 1.165) is 36.5 Å². The lowest BCUT2D eigenvalue weighted by Crippen LogP contribution is -2.21. The second-order valence-electron chi connectivity index (χ2n) is 4.44. The van der Waals surface area contributed by atoms with Crippen LogP contribution in [-0.2, 0) is 5.88 Å². The predicted molar refractivity (Wildman–Crippen MR) is 85.0 cm³/mol. The van der Waals surface area contributed by atoms with Crippen LogP contribution in [0.5, 0.6) is 0 Å². The Morgan fingerprint density at radius 1 is 1.15 bits per heavy atom. The zero-order chi connectivity index (χ0) is 14.4. The molecule has 0 bridgehead atoms. The highest BCUT2D eigenvalue weighted by Crippen LogP contribution is 2.30. The maximum Gasteiger partial charge on any atom is 0.142 e. The van der Waals surface area contributed by atoms with Gasteiger partial charge in [-0.2, -0.15) is 0 Å². The largest absolute Gasteiger partial charge is 0.326 e. The van der Waals surface area contributed by atoms with Crippen molar-refractivity contribution in [1.29, 1.82) is 0 Å². The molecule has 1 heterocycles. The van der Waals surface area contributed by atoms with Gasteiger partial charge >= 0.3 is 0 Å². The molecule has 0 spiro atoms. The van der Waals surface area contributed by atoms with E-state index in [1.54, 1.807) is 0 Å². The molecule has 20 heavy (non-hydrogen) atoms. The van der Waals surface area contributed by atoms with Gasteiger partial charge in [0, 0.05) is 17.8 Å². The van der Waals surface area contributed by atoms with Crippen LogP contribution in [0, 0.1) is 0 Å². The number of para-hydroxylation sites is 1. The molecule has 0 fully saturated rings. The van der Waals surface area contributed by atoms with Gasteiger partial charge in [-0.05, 0) is 18.6 Å². The van der Waals surface area contributed by atoms with Crippen molar-refractivity contribution in [3.8, 4) is 0 Å². The Bertz CT molecular complexity index is 546. The Kier molecular flexibility index (Phi) is 5.62. The summed E-state index contributed by atoms with van der Waals surface area (Å²) in [6, 6.07) is 10.1. The standard InChI is InChI=1S/C15H17Cl2N3/c1-2-3-9-20(12-7-5-4-6-8-12)15-13(10-16)14(17)18-11-19-15/h4-8,11H,2-3,9-10H2,1H3. The van der Waals surface area contributed by atoms with Gasteiger partial charge in [-0.25, -0.2) is 9.97 Å². The fourth-order valence-electron chi connectivity index (χ4n) is 2.01. The summed E-state index contributed by atoms with van der Waals surface area (Å²) < 4.78 is 0. The number of unbranched alkanes of at least 4 members (excludes halogenated alkanes) is 1. The van der Waals surface area contributed by atoms with Crippen molar-refractivity contribution in [3.63, 3.8) is 0 Å². The minimum absolute atomic E-state index is 0.296. The first-order valence-corrected chi connectivity index (χ1v) is 7.57. The molecule has 3 nitrogen and oxygen atoms in total. The molecule has 0 aliphatic heterocycles. The second kappa shape index (κ2) is 7.46. The van der Waals surface area contributed by atoms with Crippen LogP contribution < -0.4 is 4.90 Å². The zero-order valence-corrected chi connectivity index (χ0v) is 12.9. The van der Waals surface area contributed by atoms with Gasteiger partial charge in [0.15, 0.2) is 0 Å². The highest BCUT2D eigenvalue weighted by atomic mass is 35.5. The summed E-state index contributed by atoms with van der Waals surface area (Å²) in [5.41, 5.74) is 1.86. The highest BCUT2D eigenvalue weighted by molar-refractivity contribution is 6.31. The molecule has 0 atom stereocenters. The number of anilines is 2. The van der Waals surface area contributed by atoms with Crippen LogP contribution in [0.1, 0.15) is 25.3 Å². The summed E-state index contributed by atoms with van der Waals surface area (Å²) in [6.45, 7) is 3.04. The van der Waals surface area contributed by atoms with Crippen LogP contribution in [0.2, 0.25) is 5.15 Å². The lowest BCUT2D eigenvalue weighted by molar-refractivity contribution is 0.776. The Morgan fingerprint density at radius 3 is 2.55 bits per heavy atom. The first kappa shape index (κ1) is 15.1. The molecular formula is C15H17Cl2N3. The van der Waals surface area contributed by atoms with Crippen molar-refractivity contribution < 1.29 is 0 Å². The highest BCUT2D eigenvalue weighted by Gasteiger charge is 2.17. The Hall–Kier alpha value is -1.32. The summed E-state index contributed by atoms with van der Waals surface area (Å²) >= 11 is 12.1. The van der Waals surface area contributed by atoms with E-state index < -0.39 is 0 Å². The lowest BCUT2D eigenvalue weighted by Gasteiger charge is -2.25. The predicted octanol–water partition coefficient (Wildman–Crippen LogP) is 4.81. The van der Waals surface area contributed by atoms with Gasteiger partial charge in [0.1, 0.15) is 17.3 Å². The number of benzene rings is 1. The maximum absolute atomic E-state index is 6.13. The molecule has 2 aromatic rings. The van der Waals surface area contributed by atoms with Crippen molar-refractivity contribution in [2.75, 3.05) is 11.4 Å². The SMILES string of the molecule is CCCCN(c1ccccc1)c1ncnc(Cl)c1CCl. The van der Waals surface area contributed by atoms with Crippen LogP contribution in [0.25, 0.3) is 0 Å². The average Bonchev–Trinajstić information content (AvgIpc) is 2.49. The van der Waals surface area contributed by atoms with E-state index in [1.807, 2.05) is 18.2 Å². The van der Waals surface area contributed by atoms with Crippen molar-refractivity contribution in [2.24, 2.45) is 0 Å². The molecular weight excluding hydrogens is 293 g/mol. The number of aromatic nitrogens is 2. The molecule has 1 aromatic carbocycles. The number of nitrogens with zero attached hydrogens (tertiary/aromatic N) is 3. The third-order valence-electron chi connectivity index (χ3n) is 3.06. The van der Waals surface area contributed by atoms with Crippen molar-refractivity contribution in [3.05, 3.63) is 47.4 Å². The molecule has 0 saturated carbocycles. The number of hydrogen-bond donors (Lipinski definition) is 0. The van der Waals surface area contributed by atoms with Gasteiger partial charge in [0.25, 0.3) is 0 Å². The Labute approximate surface area is 129 Å². The fraction of sp³-hybridized carbons (Fsp3) is 0.333. The number of rotatable bonds is 6. The van der Waals surface area contributed by atoms with Gasteiger partial charge < -0.3 is 4.90 Å². The third kappa shape index (κ3) is 3.41. The van der Waals surface area contributed by atoms with E-state index in [4.69, 9.17) is 23.2 Å². The van der Waals surface area contributed by atoms with Gasteiger partial charge in [0.2, 0.25) is 0 Å². The van der Waals surface area contributed by atoms with Crippen LogP contribution in [0.4, 0.5) is 11.5 Å². The maximum atomic E-state index is 6.13. The molecule has 0 aliphatic carbocycles. The molecule has 0 radical (unpaired) electrons. The minimum atomic E-state index is 0.296. The Morgan fingerprint density at radius 2 is 1.90 bits per heavy atom. The second-order valence-corrected chi connectivity index (χ2v) is 5.07. The van der Waals surface area contributed by atoms with Crippen LogP contribution in [0.3, 0.4) is 0 Å². The van der Waals surface area contributed by atoms with Gasteiger partial charge in [-0.1, -0.05) is 43.1 Å². The summed E-state index contributed by atoms with van der Waals surface area (Å²) in [4.78, 5) is 10.5.